The summed E-state index contributed by atoms with van der Waals surface area (Å²) >= 11 is 0. The lowest BCUT2D eigenvalue weighted by Crippen LogP contribution is -2.16. The third kappa shape index (κ3) is 10.8. The minimum Gasteiger partial charge on any atom is -0.492 e. The summed E-state index contributed by atoms with van der Waals surface area (Å²) in [5.74, 6) is -1.54. The van der Waals surface area contributed by atoms with E-state index in [0.717, 1.165) is 51.4 Å². The van der Waals surface area contributed by atoms with Crippen LogP contribution in [0.2, 0.25) is 0 Å². The number of carboxylic acids is 2. The number of carboxylic acid groups (broad SMARTS) is 2. The first-order chi connectivity index (χ1) is 14.4. The zero-order chi connectivity index (χ0) is 22.5. The molecule has 0 aliphatic carbocycles. The second-order valence-electron chi connectivity index (χ2n) is 7.91. The standard InChI is InChI=1S/C24H38O6.2ClH/c1-5-9-11-17(7-3)15-29-21-13-20(24(27)28)22(14-19(21)23(25)26)30-16-18(8-4)12-10-6-2;;/h13-14,17-18H,5-12,15-16H2,1-4H3,(H,25,26)(H,27,28);2*1H. The van der Waals surface area contributed by atoms with Gasteiger partial charge in [0.15, 0.2) is 0 Å². The molecular weight excluding hydrogens is 455 g/mol. The minimum absolute atomic E-state index is 0. The SMILES string of the molecule is CCCCC(CC)COc1cc(C(=O)O)c(OCC(CC)CCCC)cc1C(=O)O.Cl.Cl. The average molecular weight is 495 g/mol. The number of hydrogen-bond donors (Lipinski definition) is 2. The van der Waals surface area contributed by atoms with E-state index in [0.29, 0.717) is 25.0 Å². The van der Waals surface area contributed by atoms with Crippen LogP contribution in [-0.2, 0) is 0 Å². The van der Waals surface area contributed by atoms with E-state index in [1.807, 2.05) is 0 Å². The Morgan fingerprint density at radius 2 is 1.09 bits per heavy atom. The lowest BCUT2D eigenvalue weighted by Gasteiger charge is -2.20. The van der Waals surface area contributed by atoms with Crippen molar-refractivity contribution in [2.45, 2.75) is 79.1 Å². The number of halogens is 2. The highest BCUT2D eigenvalue weighted by Gasteiger charge is 2.22. The Hall–Kier alpha value is -1.66. The highest BCUT2D eigenvalue weighted by molar-refractivity contribution is 5.97. The van der Waals surface area contributed by atoms with Crippen LogP contribution in [0.25, 0.3) is 0 Å². The van der Waals surface area contributed by atoms with Gasteiger partial charge in [0.2, 0.25) is 0 Å². The Balaban J connectivity index is 0. The maximum Gasteiger partial charge on any atom is 0.339 e. The van der Waals surface area contributed by atoms with Crippen molar-refractivity contribution in [3.63, 3.8) is 0 Å². The van der Waals surface area contributed by atoms with Gasteiger partial charge >= 0.3 is 11.9 Å². The fourth-order valence-electron chi connectivity index (χ4n) is 3.34. The van der Waals surface area contributed by atoms with Crippen LogP contribution < -0.4 is 9.47 Å². The Morgan fingerprint density at radius 1 is 0.750 bits per heavy atom. The molecule has 1 aromatic carbocycles. The molecule has 0 radical (unpaired) electrons. The van der Waals surface area contributed by atoms with Gasteiger partial charge in [-0.15, -0.1) is 24.8 Å². The van der Waals surface area contributed by atoms with Crippen LogP contribution in [0.15, 0.2) is 12.1 Å². The predicted octanol–water partition coefficient (Wildman–Crippen LogP) is 7.12. The molecule has 8 heteroatoms. The quantitative estimate of drug-likeness (QED) is 0.254. The van der Waals surface area contributed by atoms with Gasteiger partial charge < -0.3 is 19.7 Å². The molecule has 6 nitrogen and oxygen atoms in total. The van der Waals surface area contributed by atoms with Crippen LogP contribution in [0, 0.1) is 11.8 Å². The Labute approximate surface area is 204 Å². The first-order valence-electron chi connectivity index (χ1n) is 11.3. The van der Waals surface area contributed by atoms with Gasteiger partial charge in [0.1, 0.15) is 22.6 Å². The van der Waals surface area contributed by atoms with Crippen LogP contribution in [0.3, 0.4) is 0 Å². The van der Waals surface area contributed by atoms with Crippen molar-refractivity contribution in [2.75, 3.05) is 13.2 Å². The highest BCUT2D eigenvalue weighted by Crippen LogP contribution is 2.31. The van der Waals surface area contributed by atoms with Crippen molar-refractivity contribution >= 4 is 36.8 Å². The van der Waals surface area contributed by atoms with Gasteiger partial charge in [-0.1, -0.05) is 66.2 Å². The summed E-state index contributed by atoms with van der Waals surface area (Å²) in [6, 6.07) is 2.58. The number of rotatable bonds is 16. The summed E-state index contributed by atoms with van der Waals surface area (Å²) in [5, 5.41) is 19.3. The van der Waals surface area contributed by atoms with Crippen LogP contribution in [0.4, 0.5) is 0 Å². The van der Waals surface area contributed by atoms with Crippen LogP contribution >= 0.6 is 24.8 Å². The normalized spacial score (nSPS) is 12.1. The lowest BCUT2D eigenvalue weighted by molar-refractivity contribution is 0.0670. The topological polar surface area (TPSA) is 93.1 Å². The summed E-state index contributed by atoms with van der Waals surface area (Å²) < 4.78 is 11.6. The first kappa shape index (κ1) is 32.5. The molecule has 0 aromatic heterocycles. The summed E-state index contributed by atoms with van der Waals surface area (Å²) in [7, 11) is 0. The van der Waals surface area contributed by atoms with E-state index in [1.165, 1.54) is 12.1 Å². The molecule has 2 N–H and O–H groups in total. The zero-order valence-electron chi connectivity index (χ0n) is 19.7. The molecule has 0 fully saturated rings. The van der Waals surface area contributed by atoms with Crippen molar-refractivity contribution in [1.29, 1.82) is 0 Å². The van der Waals surface area contributed by atoms with E-state index in [4.69, 9.17) is 9.47 Å². The molecule has 2 atom stereocenters. The second-order valence-corrected chi connectivity index (χ2v) is 7.91. The third-order valence-corrected chi connectivity index (χ3v) is 5.58. The van der Waals surface area contributed by atoms with Crippen LogP contribution in [0.1, 0.15) is 99.8 Å². The Kier molecular flexibility index (Phi) is 18.1. The summed E-state index contributed by atoms with van der Waals surface area (Å²) in [6.07, 6.45) is 8.18. The molecule has 0 spiro atoms. The zero-order valence-corrected chi connectivity index (χ0v) is 21.4. The smallest absolute Gasteiger partial charge is 0.339 e. The number of hydrogen-bond acceptors (Lipinski definition) is 4. The van der Waals surface area contributed by atoms with E-state index >= 15 is 0 Å². The van der Waals surface area contributed by atoms with E-state index in [-0.39, 0.29) is 47.4 Å². The molecule has 0 aliphatic heterocycles. The van der Waals surface area contributed by atoms with Gasteiger partial charge in [0.05, 0.1) is 13.2 Å². The number of carbonyl (C=O) groups is 2. The maximum atomic E-state index is 11.8. The Bertz CT molecular complexity index is 623. The monoisotopic (exact) mass is 494 g/mol. The largest absolute Gasteiger partial charge is 0.492 e. The van der Waals surface area contributed by atoms with E-state index in [1.54, 1.807) is 0 Å². The molecular formula is C24H40Cl2O6. The molecule has 0 aliphatic rings. The molecule has 186 valence electrons. The summed E-state index contributed by atoms with van der Waals surface area (Å²) in [5.41, 5.74) is -0.135. The Morgan fingerprint density at radius 3 is 1.34 bits per heavy atom. The number of benzene rings is 1. The van der Waals surface area contributed by atoms with Crippen molar-refractivity contribution in [1.82, 2.24) is 0 Å². The lowest BCUT2D eigenvalue weighted by atomic mass is 10.00. The van der Waals surface area contributed by atoms with Crippen LogP contribution in [0.5, 0.6) is 11.5 Å². The highest BCUT2D eigenvalue weighted by atomic mass is 35.5. The second kappa shape index (κ2) is 17.8. The van der Waals surface area contributed by atoms with E-state index in [9.17, 15) is 19.8 Å². The van der Waals surface area contributed by atoms with Gasteiger partial charge in [-0.3, -0.25) is 0 Å². The predicted molar refractivity (Wildman–Crippen MR) is 132 cm³/mol. The molecule has 32 heavy (non-hydrogen) atoms. The van der Waals surface area contributed by atoms with E-state index < -0.39 is 11.9 Å². The van der Waals surface area contributed by atoms with Gasteiger partial charge in [-0.05, 0) is 36.8 Å². The van der Waals surface area contributed by atoms with Crippen molar-refractivity contribution < 1.29 is 29.3 Å². The van der Waals surface area contributed by atoms with Crippen LogP contribution in [-0.4, -0.2) is 35.4 Å². The number of unbranched alkanes of at least 4 members (excludes halogenated alkanes) is 2. The molecule has 0 bridgehead atoms. The summed E-state index contributed by atoms with van der Waals surface area (Å²) in [6.45, 7) is 9.13. The fourth-order valence-corrected chi connectivity index (χ4v) is 3.34. The molecule has 2 unspecified atom stereocenters. The number of aromatic carboxylic acids is 2. The fraction of sp³-hybridized carbons (Fsp3) is 0.667. The molecule has 1 aromatic rings. The maximum absolute atomic E-state index is 11.8. The molecule has 0 saturated carbocycles. The molecule has 1 rings (SSSR count). The first-order valence-corrected chi connectivity index (χ1v) is 11.3. The average Bonchev–Trinajstić information content (AvgIpc) is 2.73. The van der Waals surface area contributed by atoms with Gasteiger partial charge in [0.25, 0.3) is 0 Å². The molecule has 0 heterocycles. The summed E-state index contributed by atoms with van der Waals surface area (Å²) in [4.78, 5) is 23.6. The van der Waals surface area contributed by atoms with Gasteiger partial charge in [0, 0.05) is 0 Å². The van der Waals surface area contributed by atoms with Gasteiger partial charge in [-0.25, -0.2) is 9.59 Å². The molecule has 0 amide bonds. The third-order valence-electron chi connectivity index (χ3n) is 5.58. The van der Waals surface area contributed by atoms with Crippen molar-refractivity contribution in [2.24, 2.45) is 11.8 Å². The van der Waals surface area contributed by atoms with E-state index in [2.05, 4.69) is 27.7 Å². The molecule has 0 saturated heterocycles. The van der Waals surface area contributed by atoms with Crippen molar-refractivity contribution in [3.05, 3.63) is 23.3 Å². The van der Waals surface area contributed by atoms with Crippen molar-refractivity contribution in [3.8, 4) is 11.5 Å². The van der Waals surface area contributed by atoms with Gasteiger partial charge in [-0.2, -0.15) is 0 Å². The number of ether oxygens (including phenoxy) is 2. The minimum atomic E-state index is -1.16.